The van der Waals surface area contributed by atoms with Gasteiger partial charge >= 0.3 is 0 Å². The zero-order valence-corrected chi connectivity index (χ0v) is 15.1. The third kappa shape index (κ3) is 5.28. The van der Waals surface area contributed by atoms with Crippen molar-refractivity contribution in [2.24, 2.45) is 0 Å². The maximum absolute atomic E-state index is 12.2. The minimum atomic E-state index is 0.0476. The van der Waals surface area contributed by atoms with E-state index in [4.69, 9.17) is 0 Å². The molecule has 3 aromatic rings. The lowest BCUT2D eigenvalue weighted by molar-refractivity contribution is -0.116. The van der Waals surface area contributed by atoms with Crippen LogP contribution in [0.4, 0.5) is 5.69 Å². The van der Waals surface area contributed by atoms with E-state index in [9.17, 15) is 4.79 Å². The minimum Gasteiger partial charge on any atom is -0.326 e. The average Bonchev–Trinajstić information content (AvgIpc) is 2.69. The molecular formula is C23H24N2O. The van der Waals surface area contributed by atoms with Crippen LogP contribution in [-0.4, -0.2) is 10.9 Å². The van der Waals surface area contributed by atoms with E-state index in [2.05, 4.69) is 53.6 Å². The summed E-state index contributed by atoms with van der Waals surface area (Å²) in [6.45, 7) is 2.14. The van der Waals surface area contributed by atoms with E-state index in [1.54, 1.807) is 12.4 Å². The van der Waals surface area contributed by atoms with Crippen LogP contribution in [0.5, 0.6) is 0 Å². The van der Waals surface area contributed by atoms with Crippen LogP contribution in [0.15, 0.2) is 73.1 Å². The van der Waals surface area contributed by atoms with Gasteiger partial charge in [-0.3, -0.25) is 9.78 Å². The van der Waals surface area contributed by atoms with Crippen LogP contribution in [-0.2, 0) is 24.1 Å². The quantitative estimate of drug-likeness (QED) is 0.668. The largest absolute Gasteiger partial charge is 0.326 e. The number of rotatable bonds is 7. The molecule has 0 fully saturated rings. The van der Waals surface area contributed by atoms with Crippen molar-refractivity contribution in [1.29, 1.82) is 0 Å². The van der Waals surface area contributed by atoms with E-state index in [0.29, 0.717) is 6.42 Å². The summed E-state index contributed by atoms with van der Waals surface area (Å²) in [6.07, 6.45) is 6.77. The van der Waals surface area contributed by atoms with Gasteiger partial charge in [0.05, 0.1) is 0 Å². The molecular weight excluding hydrogens is 320 g/mol. The van der Waals surface area contributed by atoms with Crippen molar-refractivity contribution in [2.45, 2.75) is 32.6 Å². The highest BCUT2D eigenvalue weighted by Gasteiger charge is 2.04. The second-order valence-corrected chi connectivity index (χ2v) is 6.45. The molecule has 1 heterocycles. The Bertz CT molecular complexity index is 824. The number of carbonyl (C=O) groups is 1. The molecule has 0 unspecified atom stereocenters. The van der Waals surface area contributed by atoms with Crippen molar-refractivity contribution in [3.8, 4) is 0 Å². The summed E-state index contributed by atoms with van der Waals surface area (Å²) in [4.78, 5) is 16.2. The van der Waals surface area contributed by atoms with Crippen LogP contribution >= 0.6 is 0 Å². The van der Waals surface area contributed by atoms with Crippen molar-refractivity contribution in [3.05, 3.63) is 95.3 Å². The van der Waals surface area contributed by atoms with Crippen molar-refractivity contribution < 1.29 is 4.79 Å². The standard InChI is InChI=1S/C23H24N2O/c1-2-18-3-5-19(6-4-18)9-12-23(26)25-22-10-7-20(8-11-22)17-21-13-15-24-16-14-21/h3-8,10-11,13-16H,2,9,12,17H2,1H3,(H,25,26). The van der Waals surface area contributed by atoms with Gasteiger partial charge in [0.25, 0.3) is 0 Å². The molecule has 0 bridgehead atoms. The van der Waals surface area contributed by atoms with Crippen LogP contribution in [0, 0.1) is 0 Å². The summed E-state index contributed by atoms with van der Waals surface area (Å²) in [5.74, 6) is 0.0476. The fourth-order valence-corrected chi connectivity index (χ4v) is 2.87. The summed E-state index contributed by atoms with van der Waals surface area (Å²) >= 11 is 0. The number of hydrogen-bond acceptors (Lipinski definition) is 2. The molecule has 0 radical (unpaired) electrons. The number of amides is 1. The zero-order valence-electron chi connectivity index (χ0n) is 15.1. The van der Waals surface area contributed by atoms with Gasteiger partial charge in [-0.15, -0.1) is 0 Å². The summed E-state index contributed by atoms with van der Waals surface area (Å²) in [5.41, 5.74) is 5.81. The van der Waals surface area contributed by atoms with Crippen molar-refractivity contribution in [1.82, 2.24) is 4.98 Å². The zero-order chi connectivity index (χ0) is 18.2. The van der Waals surface area contributed by atoms with Gasteiger partial charge in [-0.1, -0.05) is 43.3 Å². The Morgan fingerprint density at radius 2 is 1.38 bits per heavy atom. The van der Waals surface area contributed by atoms with Gasteiger partial charge in [-0.25, -0.2) is 0 Å². The molecule has 3 nitrogen and oxygen atoms in total. The highest BCUT2D eigenvalue weighted by Crippen LogP contribution is 2.14. The monoisotopic (exact) mass is 344 g/mol. The first kappa shape index (κ1) is 17.9. The SMILES string of the molecule is CCc1ccc(CCC(=O)Nc2ccc(Cc3ccncc3)cc2)cc1. The number of aryl methyl sites for hydroxylation is 2. The highest BCUT2D eigenvalue weighted by atomic mass is 16.1. The van der Waals surface area contributed by atoms with Crippen molar-refractivity contribution in [2.75, 3.05) is 5.32 Å². The molecule has 26 heavy (non-hydrogen) atoms. The molecule has 0 aliphatic carbocycles. The number of pyridine rings is 1. The van der Waals surface area contributed by atoms with Gasteiger partial charge in [0.15, 0.2) is 0 Å². The normalized spacial score (nSPS) is 10.5. The van der Waals surface area contributed by atoms with Crippen LogP contribution in [0.2, 0.25) is 0 Å². The fraction of sp³-hybridized carbons (Fsp3) is 0.217. The fourth-order valence-electron chi connectivity index (χ4n) is 2.87. The van der Waals surface area contributed by atoms with E-state index >= 15 is 0 Å². The van der Waals surface area contributed by atoms with Crippen molar-refractivity contribution >= 4 is 11.6 Å². The van der Waals surface area contributed by atoms with Gasteiger partial charge < -0.3 is 5.32 Å². The molecule has 1 amide bonds. The van der Waals surface area contributed by atoms with Gasteiger partial charge in [0.2, 0.25) is 5.91 Å². The van der Waals surface area contributed by atoms with Crippen LogP contribution < -0.4 is 5.32 Å². The Balaban J connectivity index is 1.49. The number of aromatic nitrogens is 1. The highest BCUT2D eigenvalue weighted by molar-refractivity contribution is 5.90. The molecule has 132 valence electrons. The lowest BCUT2D eigenvalue weighted by Crippen LogP contribution is -2.12. The molecule has 0 spiro atoms. The number of hydrogen-bond donors (Lipinski definition) is 1. The first-order valence-electron chi connectivity index (χ1n) is 9.08. The van der Waals surface area contributed by atoms with Gasteiger partial charge in [-0.2, -0.15) is 0 Å². The molecule has 0 aliphatic heterocycles. The number of carbonyl (C=O) groups excluding carboxylic acids is 1. The lowest BCUT2D eigenvalue weighted by atomic mass is 10.1. The molecule has 3 rings (SSSR count). The maximum Gasteiger partial charge on any atom is 0.224 e. The first-order valence-corrected chi connectivity index (χ1v) is 9.08. The maximum atomic E-state index is 12.2. The molecule has 0 saturated carbocycles. The Labute approximate surface area is 155 Å². The molecule has 0 saturated heterocycles. The molecule has 0 atom stereocenters. The Kier molecular flexibility index (Phi) is 6.15. The Morgan fingerprint density at radius 3 is 2.04 bits per heavy atom. The second-order valence-electron chi connectivity index (χ2n) is 6.45. The third-order valence-electron chi connectivity index (χ3n) is 4.47. The second kappa shape index (κ2) is 8.95. The van der Waals surface area contributed by atoms with E-state index in [1.165, 1.54) is 22.3 Å². The molecule has 0 aliphatic rings. The molecule has 1 aromatic heterocycles. The Hall–Kier alpha value is -2.94. The summed E-state index contributed by atoms with van der Waals surface area (Å²) in [6, 6.07) is 20.6. The number of nitrogens with one attached hydrogen (secondary N) is 1. The van der Waals surface area contributed by atoms with Crippen molar-refractivity contribution in [3.63, 3.8) is 0 Å². The average molecular weight is 344 g/mol. The smallest absolute Gasteiger partial charge is 0.224 e. The molecule has 1 N–H and O–H groups in total. The first-order chi connectivity index (χ1) is 12.7. The predicted molar refractivity (Wildman–Crippen MR) is 106 cm³/mol. The predicted octanol–water partition coefficient (Wildman–Crippen LogP) is 4.81. The summed E-state index contributed by atoms with van der Waals surface area (Å²) < 4.78 is 0. The van der Waals surface area contributed by atoms with E-state index in [-0.39, 0.29) is 5.91 Å². The van der Waals surface area contributed by atoms with Gasteiger partial charge in [0, 0.05) is 24.5 Å². The number of nitrogens with zero attached hydrogens (tertiary/aromatic N) is 1. The Morgan fingerprint density at radius 1 is 0.808 bits per heavy atom. The number of anilines is 1. The third-order valence-corrected chi connectivity index (χ3v) is 4.47. The minimum absolute atomic E-state index is 0.0476. The van der Waals surface area contributed by atoms with Crippen LogP contribution in [0.3, 0.4) is 0 Å². The van der Waals surface area contributed by atoms with E-state index in [0.717, 1.165) is 24.9 Å². The van der Waals surface area contributed by atoms with Crippen LogP contribution in [0.1, 0.15) is 35.6 Å². The van der Waals surface area contributed by atoms with E-state index < -0.39 is 0 Å². The summed E-state index contributed by atoms with van der Waals surface area (Å²) in [7, 11) is 0. The molecule has 3 heteroatoms. The lowest BCUT2D eigenvalue weighted by Gasteiger charge is -2.07. The van der Waals surface area contributed by atoms with Gasteiger partial charge in [0.1, 0.15) is 0 Å². The topological polar surface area (TPSA) is 42.0 Å². The van der Waals surface area contributed by atoms with E-state index in [1.807, 2.05) is 24.3 Å². The summed E-state index contributed by atoms with van der Waals surface area (Å²) in [5, 5.41) is 2.98. The van der Waals surface area contributed by atoms with Crippen LogP contribution in [0.25, 0.3) is 0 Å². The number of benzene rings is 2. The van der Waals surface area contributed by atoms with Gasteiger partial charge in [-0.05, 0) is 65.8 Å². The molecule has 2 aromatic carbocycles.